The van der Waals surface area contributed by atoms with E-state index in [1.807, 2.05) is 13.8 Å². The van der Waals surface area contributed by atoms with E-state index in [0.29, 0.717) is 28.3 Å². The maximum atomic E-state index is 13.3. The molecule has 1 N–H and O–H groups in total. The molecule has 1 saturated carbocycles. The van der Waals surface area contributed by atoms with Crippen LogP contribution < -0.4 is 5.32 Å². The molecule has 0 aliphatic heterocycles. The van der Waals surface area contributed by atoms with Crippen molar-refractivity contribution in [1.29, 1.82) is 5.26 Å². The normalized spacial score (nSPS) is 13.3. The molecule has 0 bridgehead atoms. The van der Waals surface area contributed by atoms with E-state index in [4.69, 9.17) is 0 Å². The molecule has 0 saturated heterocycles. The first-order valence-electron chi connectivity index (χ1n) is 9.08. The number of hydrogen-bond donors (Lipinski definition) is 1. The summed E-state index contributed by atoms with van der Waals surface area (Å²) in [6.07, 6.45) is 2.08. The molecular formula is C19H18FN7OS. The monoisotopic (exact) mass is 411 g/mol. The van der Waals surface area contributed by atoms with Crippen molar-refractivity contribution in [3.05, 3.63) is 46.9 Å². The molecule has 0 spiro atoms. The van der Waals surface area contributed by atoms with Gasteiger partial charge in [-0.15, -0.1) is 5.10 Å². The molecule has 8 nitrogen and oxygen atoms in total. The quantitative estimate of drug-likeness (QED) is 0.625. The van der Waals surface area contributed by atoms with Crippen LogP contribution >= 0.6 is 11.8 Å². The summed E-state index contributed by atoms with van der Waals surface area (Å²) in [4.78, 5) is 12.6. The average Bonchev–Trinajstić information content (AvgIpc) is 3.40. The van der Waals surface area contributed by atoms with E-state index in [0.717, 1.165) is 24.1 Å². The number of carbonyl (C=O) groups is 1. The molecule has 0 radical (unpaired) electrons. The Bertz CT molecular complexity index is 1110. The number of amides is 1. The van der Waals surface area contributed by atoms with Gasteiger partial charge in [0.1, 0.15) is 17.7 Å². The highest BCUT2D eigenvalue weighted by atomic mass is 32.2. The second kappa shape index (κ2) is 7.67. The molecular weight excluding hydrogens is 393 g/mol. The third-order valence-electron chi connectivity index (χ3n) is 4.86. The molecule has 1 aliphatic carbocycles. The first-order valence-corrected chi connectivity index (χ1v) is 10.1. The summed E-state index contributed by atoms with van der Waals surface area (Å²) < 4.78 is 16.8. The number of nitriles is 1. The number of nitrogens with zero attached hydrogens (tertiary/aromatic N) is 6. The fraction of sp³-hybridized carbons (Fsp3) is 0.316. The molecule has 1 aromatic carbocycles. The number of anilines is 1. The lowest BCUT2D eigenvalue weighted by Gasteiger charge is -2.13. The number of carbonyl (C=O) groups excluding carboxylic acids is 1. The van der Waals surface area contributed by atoms with Gasteiger partial charge >= 0.3 is 0 Å². The maximum absolute atomic E-state index is 13.3. The summed E-state index contributed by atoms with van der Waals surface area (Å²) in [7, 11) is 0. The third-order valence-corrected chi connectivity index (χ3v) is 5.79. The van der Waals surface area contributed by atoms with Crippen molar-refractivity contribution in [2.45, 2.75) is 37.9 Å². The van der Waals surface area contributed by atoms with Gasteiger partial charge in [-0.2, -0.15) is 5.26 Å². The summed E-state index contributed by atoms with van der Waals surface area (Å²) in [5, 5.41) is 24.7. The Morgan fingerprint density at radius 2 is 2.07 bits per heavy atom. The lowest BCUT2D eigenvalue weighted by molar-refractivity contribution is -0.113. The van der Waals surface area contributed by atoms with Crippen LogP contribution in [0.15, 0.2) is 29.4 Å². The van der Waals surface area contributed by atoms with Gasteiger partial charge < -0.3 is 5.32 Å². The molecule has 3 aromatic rings. The predicted octanol–water partition coefficient (Wildman–Crippen LogP) is 3.16. The largest absolute Gasteiger partial charge is 0.310 e. The molecule has 10 heteroatoms. The minimum absolute atomic E-state index is 0.102. The lowest BCUT2D eigenvalue weighted by Crippen LogP contribution is -2.18. The van der Waals surface area contributed by atoms with Gasteiger partial charge in [-0.25, -0.2) is 9.07 Å². The summed E-state index contributed by atoms with van der Waals surface area (Å²) >= 11 is 1.25. The van der Waals surface area contributed by atoms with Crippen LogP contribution in [0.5, 0.6) is 0 Å². The summed E-state index contributed by atoms with van der Waals surface area (Å²) in [6.45, 7) is 3.68. The van der Waals surface area contributed by atoms with E-state index in [1.54, 1.807) is 21.4 Å². The standard InChI is InChI=1S/C19H18FN7OS/c1-11-12(2)26(14-5-3-13(20)4-6-14)18(16(11)9-21)22-17(28)10-29-19-23-24-25-27(19)15-7-8-15/h3-6,15H,7-8,10H2,1-2H3,(H,22,28). The minimum Gasteiger partial charge on any atom is -0.310 e. The molecule has 0 atom stereocenters. The fourth-order valence-electron chi connectivity index (χ4n) is 3.10. The van der Waals surface area contributed by atoms with E-state index < -0.39 is 0 Å². The van der Waals surface area contributed by atoms with Crippen LogP contribution in [-0.2, 0) is 4.79 Å². The van der Waals surface area contributed by atoms with Crippen LogP contribution in [0.3, 0.4) is 0 Å². The Morgan fingerprint density at radius 3 is 2.72 bits per heavy atom. The SMILES string of the molecule is Cc1c(C#N)c(NC(=O)CSc2nnnn2C2CC2)n(-c2ccc(F)cc2)c1C. The summed E-state index contributed by atoms with van der Waals surface area (Å²) in [5.74, 6) is -0.157. The minimum atomic E-state index is -0.355. The Hall–Kier alpha value is -3.19. The van der Waals surface area contributed by atoms with E-state index in [-0.39, 0.29) is 17.5 Å². The van der Waals surface area contributed by atoms with Crippen LogP contribution in [0.4, 0.5) is 10.2 Å². The fourth-order valence-corrected chi connectivity index (χ4v) is 3.85. The molecule has 1 fully saturated rings. The van der Waals surface area contributed by atoms with Gasteiger partial charge in [0, 0.05) is 11.4 Å². The van der Waals surface area contributed by atoms with Crippen LogP contribution in [0.25, 0.3) is 5.69 Å². The third kappa shape index (κ3) is 3.73. The highest BCUT2D eigenvalue weighted by Crippen LogP contribution is 2.36. The first-order chi connectivity index (χ1) is 14.0. The molecule has 2 heterocycles. The van der Waals surface area contributed by atoms with E-state index in [2.05, 4.69) is 26.9 Å². The van der Waals surface area contributed by atoms with Gasteiger partial charge in [-0.3, -0.25) is 9.36 Å². The van der Waals surface area contributed by atoms with Gasteiger partial charge in [0.05, 0.1) is 17.4 Å². The van der Waals surface area contributed by atoms with Crippen molar-refractivity contribution in [2.75, 3.05) is 11.1 Å². The van der Waals surface area contributed by atoms with Gasteiger partial charge in [0.2, 0.25) is 11.1 Å². The lowest BCUT2D eigenvalue weighted by atomic mass is 10.2. The van der Waals surface area contributed by atoms with E-state index in [1.165, 1.54) is 23.9 Å². The van der Waals surface area contributed by atoms with Crippen molar-refractivity contribution < 1.29 is 9.18 Å². The van der Waals surface area contributed by atoms with Crippen LogP contribution in [-0.4, -0.2) is 36.4 Å². The molecule has 1 amide bonds. The van der Waals surface area contributed by atoms with Gasteiger partial charge in [0.25, 0.3) is 0 Å². The first kappa shape index (κ1) is 19.1. The molecule has 2 aromatic heterocycles. The Labute approximate surface area is 170 Å². The highest BCUT2D eigenvalue weighted by molar-refractivity contribution is 7.99. The van der Waals surface area contributed by atoms with Crippen LogP contribution in [0.1, 0.15) is 35.7 Å². The second-order valence-corrected chi connectivity index (χ2v) is 7.77. The Kier molecular flexibility index (Phi) is 5.07. The van der Waals surface area contributed by atoms with Gasteiger partial charge in [0.15, 0.2) is 0 Å². The van der Waals surface area contributed by atoms with Crippen molar-refractivity contribution in [2.24, 2.45) is 0 Å². The van der Waals surface area contributed by atoms with Gasteiger partial charge in [-0.1, -0.05) is 11.8 Å². The summed E-state index contributed by atoms with van der Waals surface area (Å²) in [5.41, 5.74) is 2.60. The van der Waals surface area contributed by atoms with Gasteiger partial charge in [-0.05, 0) is 66.9 Å². The van der Waals surface area contributed by atoms with Crippen molar-refractivity contribution in [1.82, 2.24) is 24.8 Å². The van der Waals surface area contributed by atoms with Crippen LogP contribution in [0, 0.1) is 31.0 Å². The number of halogens is 1. The number of nitrogens with one attached hydrogen (secondary N) is 1. The molecule has 148 valence electrons. The molecule has 0 unspecified atom stereocenters. The molecule has 29 heavy (non-hydrogen) atoms. The predicted molar refractivity (Wildman–Crippen MR) is 105 cm³/mol. The smallest absolute Gasteiger partial charge is 0.236 e. The second-order valence-electron chi connectivity index (χ2n) is 6.83. The zero-order chi connectivity index (χ0) is 20.5. The Balaban J connectivity index is 1.58. The maximum Gasteiger partial charge on any atom is 0.236 e. The highest BCUT2D eigenvalue weighted by Gasteiger charge is 2.28. The van der Waals surface area contributed by atoms with Crippen molar-refractivity contribution in [3.63, 3.8) is 0 Å². The number of rotatable bonds is 6. The van der Waals surface area contributed by atoms with Crippen molar-refractivity contribution >= 4 is 23.5 Å². The zero-order valence-electron chi connectivity index (χ0n) is 15.9. The Morgan fingerprint density at radius 1 is 1.34 bits per heavy atom. The van der Waals surface area contributed by atoms with Crippen LogP contribution in [0.2, 0.25) is 0 Å². The van der Waals surface area contributed by atoms with E-state index >= 15 is 0 Å². The summed E-state index contributed by atoms with van der Waals surface area (Å²) in [6, 6.07) is 8.38. The number of tetrazole rings is 1. The number of thioether (sulfide) groups is 1. The van der Waals surface area contributed by atoms with E-state index in [9.17, 15) is 14.4 Å². The zero-order valence-corrected chi connectivity index (χ0v) is 16.7. The average molecular weight is 411 g/mol. The number of hydrogen-bond acceptors (Lipinski definition) is 6. The topological polar surface area (TPSA) is 101 Å². The molecule has 4 rings (SSSR count). The number of benzene rings is 1. The molecule has 1 aliphatic rings. The number of aromatic nitrogens is 5. The van der Waals surface area contributed by atoms with Crippen molar-refractivity contribution in [3.8, 4) is 11.8 Å².